The molecule has 19 heavy (non-hydrogen) atoms. The van der Waals surface area contributed by atoms with Gasteiger partial charge >= 0.3 is 0 Å². The monoisotopic (exact) mass is 262 g/mol. The van der Waals surface area contributed by atoms with Crippen LogP contribution in [0.15, 0.2) is 18.5 Å². The minimum atomic E-state index is 0.0712. The second-order valence-corrected chi connectivity index (χ2v) is 4.92. The molecule has 3 heterocycles. The number of amides is 1. The number of ether oxygens (including phenoxy) is 1. The molecule has 0 aliphatic carbocycles. The largest absolute Gasteiger partial charge is 0.378 e. The Morgan fingerprint density at radius 3 is 2.68 bits per heavy atom. The van der Waals surface area contributed by atoms with E-state index in [1.165, 1.54) is 0 Å². The molecule has 1 amide bonds. The highest BCUT2D eigenvalue weighted by molar-refractivity contribution is 5.80. The summed E-state index contributed by atoms with van der Waals surface area (Å²) in [6.07, 6.45) is 4.35. The van der Waals surface area contributed by atoms with Gasteiger partial charge in [0.05, 0.1) is 19.1 Å². The summed E-state index contributed by atoms with van der Waals surface area (Å²) in [5.74, 6) is 1.04. The zero-order valence-corrected chi connectivity index (χ0v) is 10.9. The van der Waals surface area contributed by atoms with Crippen molar-refractivity contribution in [1.29, 1.82) is 0 Å². The molecule has 1 unspecified atom stereocenters. The Kier molecular flexibility index (Phi) is 3.59. The van der Waals surface area contributed by atoms with Crippen LogP contribution in [-0.2, 0) is 9.53 Å². The Bertz CT molecular complexity index is 434. The quantitative estimate of drug-likeness (QED) is 0.760. The van der Waals surface area contributed by atoms with Crippen molar-refractivity contribution in [3.63, 3.8) is 0 Å². The molecular weight excluding hydrogens is 244 g/mol. The molecule has 2 fully saturated rings. The zero-order chi connectivity index (χ0) is 13.1. The molecule has 6 nitrogen and oxygen atoms in total. The van der Waals surface area contributed by atoms with Crippen molar-refractivity contribution in [1.82, 2.24) is 14.9 Å². The van der Waals surface area contributed by atoms with Gasteiger partial charge in [0.15, 0.2) is 0 Å². The molecule has 0 bridgehead atoms. The lowest BCUT2D eigenvalue weighted by Gasteiger charge is -2.29. The summed E-state index contributed by atoms with van der Waals surface area (Å²) in [6, 6.07) is 1.80. The van der Waals surface area contributed by atoms with Crippen molar-refractivity contribution >= 4 is 11.9 Å². The lowest BCUT2D eigenvalue weighted by molar-refractivity contribution is -0.138. The van der Waals surface area contributed by atoms with Crippen molar-refractivity contribution in [3.8, 4) is 0 Å². The van der Waals surface area contributed by atoms with Crippen LogP contribution in [0.25, 0.3) is 0 Å². The average molecular weight is 262 g/mol. The molecule has 2 aliphatic rings. The fourth-order valence-electron chi connectivity index (χ4n) is 2.64. The van der Waals surface area contributed by atoms with Gasteiger partial charge in [-0.15, -0.1) is 0 Å². The zero-order valence-electron chi connectivity index (χ0n) is 10.9. The van der Waals surface area contributed by atoms with Crippen molar-refractivity contribution in [2.45, 2.75) is 6.42 Å². The smallest absolute Gasteiger partial charge is 0.227 e. The van der Waals surface area contributed by atoms with Crippen molar-refractivity contribution in [2.75, 3.05) is 44.3 Å². The predicted octanol–water partition coefficient (Wildman–Crippen LogP) is 0.162. The molecule has 1 aromatic heterocycles. The van der Waals surface area contributed by atoms with E-state index in [9.17, 15) is 4.79 Å². The van der Waals surface area contributed by atoms with Crippen molar-refractivity contribution in [2.24, 2.45) is 5.92 Å². The van der Waals surface area contributed by atoms with Crippen LogP contribution in [0.3, 0.4) is 0 Å². The molecular formula is C13H18N4O2. The number of nitrogens with zero attached hydrogens (tertiary/aromatic N) is 4. The maximum atomic E-state index is 12.4. The van der Waals surface area contributed by atoms with E-state index in [1.807, 2.05) is 4.90 Å². The number of rotatable bonds is 2. The molecule has 1 atom stereocenters. The van der Waals surface area contributed by atoms with E-state index >= 15 is 0 Å². The lowest BCUT2D eigenvalue weighted by atomic mass is 10.1. The van der Waals surface area contributed by atoms with E-state index in [-0.39, 0.29) is 11.8 Å². The second-order valence-electron chi connectivity index (χ2n) is 4.92. The van der Waals surface area contributed by atoms with Crippen LogP contribution >= 0.6 is 0 Å². The Morgan fingerprint density at radius 2 is 1.95 bits per heavy atom. The molecule has 6 heteroatoms. The van der Waals surface area contributed by atoms with Gasteiger partial charge in [0.2, 0.25) is 11.9 Å². The topological polar surface area (TPSA) is 58.6 Å². The first kappa shape index (κ1) is 12.3. The van der Waals surface area contributed by atoms with E-state index in [4.69, 9.17) is 4.74 Å². The first-order valence-corrected chi connectivity index (χ1v) is 6.73. The minimum absolute atomic E-state index is 0.0712. The molecule has 3 rings (SSSR count). The highest BCUT2D eigenvalue weighted by atomic mass is 16.5. The second kappa shape index (κ2) is 5.52. The Morgan fingerprint density at radius 1 is 1.21 bits per heavy atom. The van der Waals surface area contributed by atoms with Gasteiger partial charge in [-0.2, -0.15) is 0 Å². The third-order valence-corrected chi connectivity index (χ3v) is 3.70. The van der Waals surface area contributed by atoms with Crippen LogP contribution in [0.2, 0.25) is 0 Å². The van der Waals surface area contributed by atoms with E-state index in [0.717, 1.165) is 38.5 Å². The highest BCUT2D eigenvalue weighted by Crippen LogP contribution is 2.22. The number of aromatic nitrogens is 2. The molecule has 0 spiro atoms. The highest BCUT2D eigenvalue weighted by Gasteiger charge is 2.32. The van der Waals surface area contributed by atoms with Crippen molar-refractivity contribution < 1.29 is 9.53 Å². The number of carbonyl (C=O) groups is 1. The van der Waals surface area contributed by atoms with Crippen LogP contribution in [-0.4, -0.2) is 60.2 Å². The van der Waals surface area contributed by atoms with Gasteiger partial charge in [0, 0.05) is 38.6 Å². The molecule has 0 N–H and O–H groups in total. The number of hydrogen-bond acceptors (Lipinski definition) is 5. The molecule has 2 saturated heterocycles. The summed E-state index contributed by atoms with van der Waals surface area (Å²) in [5.41, 5.74) is 0. The van der Waals surface area contributed by atoms with Gasteiger partial charge in [-0.25, -0.2) is 9.97 Å². The van der Waals surface area contributed by atoms with Gasteiger partial charge in [0.25, 0.3) is 0 Å². The fraction of sp³-hybridized carbons (Fsp3) is 0.615. The molecule has 1 aromatic rings. The maximum Gasteiger partial charge on any atom is 0.227 e. The van der Waals surface area contributed by atoms with Crippen LogP contribution in [0.1, 0.15) is 6.42 Å². The lowest BCUT2D eigenvalue weighted by Crippen LogP contribution is -2.44. The molecule has 0 saturated carbocycles. The van der Waals surface area contributed by atoms with E-state index in [1.54, 1.807) is 18.5 Å². The van der Waals surface area contributed by atoms with Crippen molar-refractivity contribution in [3.05, 3.63) is 18.5 Å². The summed E-state index contributed by atoms with van der Waals surface area (Å²) in [5, 5.41) is 0. The number of anilines is 1. The molecule has 102 valence electrons. The summed E-state index contributed by atoms with van der Waals surface area (Å²) in [4.78, 5) is 24.9. The predicted molar refractivity (Wildman–Crippen MR) is 69.8 cm³/mol. The number of morpholine rings is 1. The Labute approximate surface area is 112 Å². The first-order chi connectivity index (χ1) is 9.34. The van der Waals surface area contributed by atoms with Gasteiger partial charge in [0.1, 0.15) is 0 Å². The first-order valence-electron chi connectivity index (χ1n) is 6.73. The van der Waals surface area contributed by atoms with E-state index in [0.29, 0.717) is 13.2 Å². The normalized spacial score (nSPS) is 23.7. The molecule has 2 aliphatic heterocycles. The molecule has 0 aromatic carbocycles. The van der Waals surface area contributed by atoms with Crippen LogP contribution in [0, 0.1) is 5.92 Å². The molecule has 0 radical (unpaired) electrons. The van der Waals surface area contributed by atoms with Gasteiger partial charge in [-0.05, 0) is 12.5 Å². The van der Waals surface area contributed by atoms with Gasteiger partial charge in [-0.3, -0.25) is 4.79 Å². The summed E-state index contributed by atoms with van der Waals surface area (Å²) < 4.78 is 5.28. The summed E-state index contributed by atoms with van der Waals surface area (Å²) in [6.45, 7) is 4.33. The van der Waals surface area contributed by atoms with Gasteiger partial charge < -0.3 is 14.5 Å². The number of hydrogen-bond donors (Lipinski definition) is 0. The standard InChI is InChI=1S/C13H18N4O2/c18-12(16-6-8-19-9-7-16)11-2-5-17(10-11)13-14-3-1-4-15-13/h1,3-4,11H,2,5-10H2. The minimum Gasteiger partial charge on any atom is -0.378 e. The van der Waals surface area contributed by atoms with E-state index in [2.05, 4.69) is 14.9 Å². The third-order valence-electron chi connectivity index (χ3n) is 3.70. The fourth-order valence-corrected chi connectivity index (χ4v) is 2.64. The Hall–Kier alpha value is -1.69. The SMILES string of the molecule is O=C(C1CCN(c2ncccn2)C1)N1CCOCC1. The van der Waals surface area contributed by atoms with E-state index < -0.39 is 0 Å². The Balaban J connectivity index is 1.61. The van der Waals surface area contributed by atoms with Crippen LogP contribution < -0.4 is 4.90 Å². The summed E-state index contributed by atoms with van der Waals surface area (Å²) >= 11 is 0. The van der Waals surface area contributed by atoms with Crippen LogP contribution in [0.5, 0.6) is 0 Å². The number of carbonyl (C=O) groups excluding carboxylic acids is 1. The summed E-state index contributed by atoms with van der Waals surface area (Å²) in [7, 11) is 0. The van der Waals surface area contributed by atoms with Crippen LogP contribution in [0.4, 0.5) is 5.95 Å². The third kappa shape index (κ3) is 2.68. The van der Waals surface area contributed by atoms with Gasteiger partial charge in [-0.1, -0.05) is 0 Å². The maximum absolute atomic E-state index is 12.4. The average Bonchev–Trinajstić information content (AvgIpc) is 2.98.